The second-order valence-corrected chi connectivity index (χ2v) is 2.23. The predicted molar refractivity (Wildman–Crippen MR) is 42.9 cm³/mol. The molecular weight excluding hydrogens is 136 g/mol. The fraction of sp³-hybridized carbons (Fsp3) is 0.667. The molecule has 2 rings (SSSR count). The van der Waals surface area contributed by atoms with Crippen molar-refractivity contribution in [3.8, 4) is 6.07 Å². The molecule has 0 amide bonds. The van der Waals surface area contributed by atoms with E-state index in [0.29, 0.717) is 11.0 Å². The van der Waals surface area contributed by atoms with Crippen LogP contribution in [0.5, 0.6) is 0 Å². The molecule has 2 bridgehead atoms. The number of allylic oxidation sites excluding steroid dienone is 1. The Balaban J connectivity index is 2.83. The Bertz CT molecular complexity index is 532. The first-order valence-corrected chi connectivity index (χ1v) is 3.17. The minimum Gasteiger partial charge on any atom is -0.299 e. The molecular formula is C9H12N2. The van der Waals surface area contributed by atoms with Gasteiger partial charge in [-0.3, -0.25) is 4.90 Å². The third kappa shape index (κ3) is 1.29. The molecule has 0 aromatic carbocycles. The molecule has 58 valence electrons. The molecule has 2 heteroatoms. The zero-order valence-corrected chi connectivity index (χ0v) is 5.68. The van der Waals surface area contributed by atoms with Gasteiger partial charge in [0, 0.05) is 31.5 Å². The van der Waals surface area contributed by atoms with Crippen molar-refractivity contribution in [2.45, 2.75) is 12.7 Å². The highest BCUT2D eigenvalue weighted by atomic mass is 15.2. The van der Waals surface area contributed by atoms with E-state index in [4.69, 9.17) is 17.6 Å². The van der Waals surface area contributed by atoms with Crippen molar-refractivity contribution in [2.75, 3.05) is 19.5 Å². The molecule has 0 aliphatic carbocycles. The van der Waals surface area contributed by atoms with Gasteiger partial charge >= 0.3 is 0 Å². The number of hydrogen-bond acceptors (Lipinski definition) is 2. The average Bonchev–Trinajstić information content (AvgIpc) is 2.42. The molecule has 0 aromatic heterocycles. The van der Waals surface area contributed by atoms with Crippen LogP contribution in [0, 0.1) is 17.2 Å². The molecule has 0 saturated carbocycles. The Morgan fingerprint density at radius 1 is 1.91 bits per heavy atom. The van der Waals surface area contributed by atoms with Gasteiger partial charge in [0.05, 0.1) is 6.07 Å². The summed E-state index contributed by atoms with van der Waals surface area (Å²) < 4.78 is 71.0. The zero-order chi connectivity index (χ0) is 15.8. The lowest BCUT2D eigenvalue weighted by molar-refractivity contribution is 0.316. The summed E-state index contributed by atoms with van der Waals surface area (Å²) in [5.74, 6) is -2.54. The molecule has 0 spiro atoms. The molecule has 2 aliphatic heterocycles. The molecule has 2 aliphatic rings. The van der Waals surface area contributed by atoms with Crippen LogP contribution in [0.4, 0.5) is 0 Å². The molecule has 2 unspecified atom stereocenters. The van der Waals surface area contributed by atoms with Crippen molar-refractivity contribution >= 4 is 0 Å². The Morgan fingerprint density at radius 3 is 3.64 bits per heavy atom. The van der Waals surface area contributed by atoms with Crippen LogP contribution in [-0.4, -0.2) is 24.4 Å². The van der Waals surface area contributed by atoms with Gasteiger partial charge in [-0.05, 0) is 30.7 Å². The summed E-state index contributed by atoms with van der Waals surface area (Å²) >= 11 is 0. The number of nitriles is 1. The van der Waals surface area contributed by atoms with Crippen LogP contribution >= 0.6 is 0 Å². The van der Waals surface area contributed by atoms with Gasteiger partial charge in [-0.1, -0.05) is 0 Å². The summed E-state index contributed by atoms with van der Waals surface area (Å²) in [5.41, 5.74) is -0.723. The van der Waals surface area contributed by atoms with Crippen LogP contribution < -0.4 is 0 Å². The normalized spacial score (nSPS) is 76.1. The zero-order valence-electron chi connectivity index (χ0n) is 14.7. The molecule has 2 fully saturated rings. The van der Waals surface area contributed by atoms with Gasteiger partial charge in [-0.2, -0.15) is 5.26 Å². The van der Waals surface area contributed by atoms with Crippen molar-refractivity contribution in [2.24, 2.45) is 5.89 Å². The second kappa shape index (κ2) is 2.67. The SMILES string of the molecule is [2H]C1([2H])C(=CC#N)C([2H])([2H])C2([2H])CN1C([2H])([2H])C2([2H])[2H]. The van der Waals surface area contributed by atoms with Gasteiger partial charge in [0.2, 0.25) is 0 Å². The number of fused-ring (bicyclic) bond motifs is 2. The van der Waals surface area contributed by atoms with Gasteiger partial charge in [0.25, 0.3) is 0 Å². The van der Waals surface area contributed by atoms with Crippen LogP contribution in [0.2, 0.25) is 0 Å². The van der Waals surface area contributed by atoms with Crippen LogP contribution in [-0.2, 0) is 0 Å². The maximum absolute atomic E-state index is 8.69. The molecule has 2 nitrogen and oxygen atoms in total. The van der Waals surface area contributed by atoms with E-state index in [-0.39, 0.29) is 0 Å². The molecule has 0 N–H and O–H groups in total. The number of piperidine rings is 1. The quantitative estimate of drug-likeness (QED) is 0.493. The van der Waals surface area contributed by atoms with Gasteiger partial charge in [0.1, 0.15) is 0 Å². The van der Waals surface area contributed by atoms with E-state index in [1.54, 1.807) is 0 Å². The fourth-order valence-electron chi connectivity index (χ4n) is 0.979. The Labute approximate surface area is 79.8 Å². The molecule has 0 radical (unpaired) electrons. The lowest BCUT2D eigenvalue weighted by atomic mass is 9.96. The lowest BCUT2D eigenvalue weighted by Crippen LogP contribution is -2.27. The van der Waals surface area contributed by atoms with Crippen molar-refractivity contribution in [1.29, 1.82) is 5.26 Å². The van der Waals surface area contributed by atoms with Crippen molar-refractivity contribution in [1.82, 2.24) is 4.90 Å². The van der Waals surface area contributed by atoms with E-state index >= 15 is 0 Å². The third-order valence-corrected chi connectivity index (χ3v) is 1.41. The number of rotatable bonds is 0. The highest BCUT2D eigenvalue weighted by Crippen LogP contribution is 2.29. The number of hydrogen-bond donors (Lipinski definition) is 0. The second-order valence-electron chi connectivity index (χ2n) is 2.23. The highest BCUT2D eigenvalue weighted by molar-refractivity contribution is 5.18. The van der Waals surface area contributed by atoms with Crippen LogP contribution in [0.3, 0.4) is 0 Å². The molecule has 11 heavy (non-hydrogen) atoms. The largest absolute Gasteiger partial charge is 0.299 e. The van der Waals surface area contributed by atoms with Gasteiger partial charge in [0.15, 0.2) is 0 Å². The van der Waals surface area contributed by atoms with E-state index in [1.807, 2.05) is 0 Å². The standard InChI is InChI=1S/C9H12N2/c10-3-1-8-5-9-2-4-11(6-8)7-9/h1,9H,2,4-7H2/i2D2,4D2,5D2,6D2,9D. The molecule has 0 aromatic rings. The summed E-state index contributed by atoms with van der Waals surface area (Å²) in [6.07, 6.45) is -5.15. The number of nitrogens with zero attached hydrogens (tertiary/aromatic N) is 2. The van der Waals surface area contributed by atoms with E-state index in [9.17, 15) is 0 Å². The fourth-order valence-corrected chi connectivity index (χ4v) is 0.979. The minimum absolute atomic E-state index is 0.484. The van der Waals surface area contributed by atoms with Crippen LogP contribution in [0.15, 0.2) is 11.6 Å². The smallest absolute Gasteiger partial charge is 0.0912 e. The van der Waals surface area contributed by atoms with Crippen LogP contribution in [0.1, 0.15) is 25.1 Å². The molecule has 2 saturated heterocycles. The monoisotopic (exact) mass is 157 g/mol. The first-order chi connectivity index (χ1) is 8.78. The first kappa shape index (κ1) is 2.11. The van der Waals surface area contributed by atoms with Crippen molar-refractivity contribution in [3.63, 3.8) is 0 Å². The van der Waals surface area contributed by atoms with Crippen LogP contribution in [0.25, 0.3) is 0 Å². The Hall–Kier alpha value is -0.810. The van der Waals surface area contributed by atoms with E-state index in [1.165, 1.54) is 6.07 Å². The van der Waals surface area contributed by atoms with E-state index < -0.39 is 43.8 Å². The summed E-state index contributed by atoms with van der Waals surface area (Å²) in [7, 11) is 0. The maximum Gasteiger partial charge on any atom is 0.0912 e. The minimum atomic E-state index is -2.94. The first-order valence-electron chi connectivity index (χ1n) is 7.67. The highest BCUT2D eigenvalue weighted by Gasteiger charge is 2.28. The van der Waals surface area contributed by atoms with E-state index in [2.05, 4.69) is 0 Å². The lowest BCUT2D eigenvalue weighted by Gasteiger charge is -2.23. The molecule has 2 heterocycles. The maximum atomic E-state index is 8.69. The van der Waals surface area contributed by atoms with Gasteiger partial charge in [-0.25, -0.2) is 0 Å². The van der Waals surface area contributed by atoms with Gasteiger partial charge < -0.3 is 0 Å². The van der Waals surface area contributed by atoms with E-state index in [0.717, 1.165) is 0 Å². The summed E-state index contributed by atoms with van der Waals surface area (Å²) in [6, 6.07) is 1.49. The topological polar surface area (TPSA) is 27.0 Å². The Morgan fingerprint density at radius 2 is 2.82 bits per heavy atom. The molecule has 2 atom stereocenters. The predicted octanol–water partition coefficient (Wildman–Crippen LogP) is 1.16. The summed E-state index contributed by atoms with van der Waals surface area (Å²) in [5, 5.41) is 8.69. The summed E-state index contributed by atoms with van der Waals surface area (Å²) in [4.78, 5) is 0.484. The third-order valence-electron chi connectivity index (χ3n) is 1.41. The van der Waals surface area contributed by atoms with Crippen molar-refractivity contribution < 1.29 is 12.3 Å². The van der Waals surface area contributed by atoms with Crippen molar-refractivity contribution in [3.05, 3.63) is 11.6 Å². The Kier molecular flexibility index (Phi) is 0.513. The average molecular weight is 157 g/mol. The summed E-state index contributed by atoms with van der Waals surface area (Å²) in [6.45, 7) is -6.29. The van der Waals surface area contributed by atoms with Gasteiger partial charge in [-0.15, -0.1) is 0 Å².